The second-order valence-electron chi connectivity index (χ2n) is 3.31. The molecule has 0 aliphatic carbocycles. The molecule has 2 aromatic rings. The van der Waals surface area contributed by atoms with E-state index in [0.29, 0.717) is 0 Å². The van der Waals surface area contributed by atoms with Gasteiger partial charge in [-0.05, 0) is 22.9 Å². The monoisotopic (exact) mass is 282 g/mol. The third-order valence-corrected chi connectivity index (χ3v) is 3.72. The number of hydrogen-bond acceptors (Lipinski definition) is 6. The van der Waals surface area contributed by atoms with Crippen molar-refractivity contribution >= 4 is 34.6 Å². The predicted octanol–water partition coefficient (Wildman–Crippen LogP) is 2.60. The van der Waals surface area contributed by atoms with Crippen molar-refractivity contribution in [2.45, 2.75) is 13.2 Å². The lowest BCUT2D eigenvalue weighted by atomic mass is 10.5. The summed E-state index contributed by atoms with van der Waals surface area (Å²) >= 11 is 2.92. The zero-order valence-corrected chi connectivity index (χ0v) is 11.0. The lowest BCUT2D eigenvalue weighted by Gasteiger charge is -2.03. The first-order valence-electron chi connectivity index (χ1n) is 5.14. The number of esters is 2. The van der Waals surface area contributed by atoms with Crippen molar-refractivity contribution in [1.82, 2.24) is 0 Å². The molecule has 4 nitrogen and oxygen atoms in total. The van der Waals surface area contributed by atoms with E-state index in [4.69, 9.17) is 9.47 Å². The Labute approximate surface area is 112 Å². The summed E-state index contributed by atoms with van der Waals surface area (Å²) in [6.07, 6.45) is 0. The van der Waals surface area contributed by atoms with Crippen molar-refractivity contribution in [2.75, 3.05) is 0 Å². The largest absolute Gasteiger partial charge is 0.452 e. The fourth-order valence-electron chi connectivity index (χ4n) is 1.18. The van der Waals surface area contributed by atoms with Crippen molar-refractivity contribution in [3.8, 4) is 0 Å². The molecule has 0 saturated carbocycles. The first-order chi connectivity index (χ1) is 8.75. The molecule has 0 spiro atoms. The summed E-state index contributed by atoms with van der Waals surface area (Å²) in [4.78, 5) is 24.4. The molecule has 0 aliphatic heterocycles. The third-order valence-electron chi connectivity index (χ3n) is 2.02. The van der Waals surface area contributed by atoms with Crippen molar-refractivity contribution < 1.29 is 19.1 Å². The Morgan fingerprint density at radius 3 is 1.67 bits per heavy atom. The number of thiophene rings is 2. The van der Waals surface area contributed by atoms with Gasteiger partial charge >= 0.3 is 11.9 Å². The van der Waals surface area contributed by atoms with E-state index in [1.54, 1.807) is 0 Å². The van der Waals surface area contributed by atoms with Gasteiger partial charge in [0.05, 0.1) is 0 Å². The Bertz CT molecular complexity index is 454. The minimum absolute atomic E-state index is 0.102. The molecule has 0 fully saturated rings. The number of carbonyl (C=O) groups is 2. The van der Waals surface area contributed by atoms with Crippen LogP contribution in [0, 0.1) is 0 Å². The third kappa shape index (κ3) is 3.68. The highest BCUT2D eigenvalue weighted by atomic mass is 32.1. The molecule has 0 radical (unpaired) electrons. The average Bonchev–Trinajstić information content (AvgIpc) is 3.05. The van der Waals surface area contributed by atoms with E-state index in [0.717, 1.165) is 9.75 Å². The van der Waals surface area contributed by atoms with Crippen LogP contribution in [0.3, 0.4) is 0 Å². The normalized spacial score (nSPS) is 10.0. The van der Waals surface area contributed by atoms with Gasteiger partial charge in [0.15, 0.2) is 0 Å². The first kappa shape index (κ1) is 12.8. The molecule has 0 saturated heterocycles. The molecule has 0 amide bonds. The molecule has 2 aromatic heterocycles. The van der Waals surface area contributed by atoms with Crippen LogP contribution in [0.25, 0.3) is 0 Å². The lowest BCUT2D eigenvalue weighted by molar-refractivity contribution is -0.169. The molecule has 94 valence electrons. The van der Waals surface area contributed by atoms with Crippen LogP contribution in [0.4, 0.5) is 0 Å². The van der Waals surface area contributed by atoms with E-state index < -0.39 is 11.9 Å². The van der Waals surface area contributed by atoms with Gasteiger partial charge in [0.1, 0.15) is 13.2 Å². The average molecular weight is 282 g/mol. The van der Waals surface area contributed by atoms with Crippen LogP contribution in [0.15, 0.2) is 35.0 Å². The number of carbonyl (C=O) groups excluding carboxylic acids is 2. The fraction of sp³-hybridized carbons (Fsp3) is 0.167. The molecule has 0 N–H and O–H groups in total. The smallest absolute Gasteiger partial charge is 0.417 e. The van der Waals surface area contributed by atoms with Gasteiger partial charge in [-0.25, -0.2) is 9.59 Å². The Morgan fingerprint density at radius 1 is 0.889 bits per heavy atom. The summed E-state index contributed by atoms with van der Waals surface area (Å²) in [5.74, 6) is -1.92. The molecule has 0 aromatic carbocycles. The summed E-state index contributed by atoms with van der Waals surface area (Å²) in [5.41, 5.74) is 0. The van der Waals surface area contributed by atoms with Crippen LogP contribution in [0.2, 0.25) is 0 Å². The van der Waals surface area contributed by atoms with Crippen LogP contribution in [-0.2, 0) is 32.3 Å². The lowest BCUT2D eigenvalue weighted by Crippen LogP contribution is -2.19. The van der Waals surface area contributed by atoms with Gasteiger partial charge < -0.3 is 9.47 Å². The SMILES string of the molecule is O=C(OCc1cccs1)C(=O)OCc1cccs1. The minimum atomic E-state index is -0.958. The Hall–Kier alpha value is -1.66. The standard InChI is InChI=1S/C12H10O4S2/c13-11(15-7-9-3-1-5-17-9)12(14)16-8-10-4-2-6-18-10/h1-6H,7-8H2. The second-order valence-corrected chi connectivity index (χ2v) is 5.38. The van der Waals surface area contributed by atoms with Gasteiger partial charge in [-0.1, -0.05) is 12.1 Å². The van der Waals surface area contributed by atoms with Crippen LogP contribution in [-0.4, -0.2) is 11.9 Å². The number of hydrogen-bond donors (Lipinski definition) is 0. The first-order valence-corrected chi connectivity index (χ1v) is 6.90. The highest BCUT2D eigenvalue weighted by molar-refractivity contribution is 7.10. The van der Waals surface area contributed by atoms with Gasteiger partial charge in [-0.15, -0.1) is 22.7 Å². The molecule has 18 heavy (non-hydrogen) atoms. The molecule has 0 unspecified atom stereocenters. The molecular formula is C12H10O4S2. The van der Waals surface area contributed by atoms with E-state index in [-0.39, 0.29) is 13.2 Å². The molecule has 2 rings (SSSR count). The quantitative estimate of drug-likeness (QED) is 0.639. The number of rotatable bonds is 4. The molecule has 2 heterocycles. The maximum Gasteiger partial charge on any atom is 0.417 e. The Balaban J connectivity index is 1.73. The molecule has 0 aliphatic rings. The van der Waals surface area contributed by atoms with E-state index in [2.05, 4.69) is 0 Å². The maximum atomic E-state index is 11.3. The van der Waals surface area contributed by atoms with Gasteiger partial charge in [0.25, 0.3) is 0 Å². The van der Waals surface area contributed by atoms with Crippen molar-refractivity contribution in [1.29, 1.82) is 0 Å². The molecular weight excluding hydrogens is 272 g/mol. The molecule has 0 atom stereocenters. The Morgan fingerprint density at radius 2 is 1.33 bits per heavy atom. The topological polar surface area (TPSA) is 52.6 Å². The Kier molecular flexibility index (Phi) is 4.49. The van der Waals surface area contributed by atoms with Crippen LogP contribution < -0.4 is 0 Å². The highest BCUT2D eigenvalue weighted by Crippen LogP contribution is 2.11. The van der Waals surface area contributed by atoms with E-state index in [1.807, 2.05) is 35.0 Å². The molecule has 6 heteroatoms. The van der Waals surface area contributed by atoms with Crippen LogP contribution in [0.1, 0.15) is 9.75 Å². The van der Waals surface area contributed by atoms with E-state index >= 15 is 0 Å². The van der Waals surface area contributed by atoms with Gasteiger partial charge in [-0.3, -0.25) is 0 Å². The van der Waals surface area contributed by atoms with Crippen LogP contribution >= 0.6 is 22.7 Å². The molecule has 0 bridgehead atoms. The van der Waals surface area contributed by atoms with E-state index in [1.165, 1.54) is 22.7 Å². The van der Waals surface area contributed by atoms with Crippen LogP contribution in [0.5, 0.6) is 0 Å². The summed E-state index contributed by atoms with van der Waals surface area (Å²) in [7, 11) is 0. The predicted molar refractivity (Wildman–Crippen MR) is 68.2 cm³/mol. The van der Waals surface area contributed by atoms with Gasteiger partial charge in [0.2, 0.25) is 0 Å². The zero-order valence-electron chi connectivity index (χ0n) is 9.33. The van der Waals surface area contributed by atoms with E-state index in [9.17, 15) is 9.59 Å². The summed E-state index contributed by atoms with van der Waals surface area (Å²) < 4.78 is 9.64. The van der Waals surface area contributed by atoms with Crippen molar-refractivity contribution in [3.63, 3.8) is 0 Å². The summed E-state index contributed by atoms with van der Waals surface area (Å²) in [5, 5.41) is 3.75. The van der Waals surface area contributed by atoms with Gasteiger partial charge in [0, 0.05) is 9.75 Å². The highest BCUT2D eigenvalue weighted by Gasteiger charge is 2.17. The maximum absolute atomic E-state index is 11.3. The van der Waals surface area contributed by atoms with Crippen molar-refractivity contribution in [3.05, 3.63) is 44.8 Å². The minimum Gasteiger partial charge on any atom is -0.452 e. The van der Waals surface area contributed by atoms with Gasteiger partial charge in [-0.2, -0.15) is 0 Å². The van der Waals surface area contributed by atoms with Crippen molar-refractivity contribution in [2.24, 2.45) is 0 Å². The zero-order chi connectivity index (χ0) is 12.8. The fourth-order valence-corrected chi connectivity index (χ4v) is 2.41. The number of ether oxygens (including phenoxy) is 2. The summed E-state index contributed by atoms with van der Waals surface area (Å²) in [6.45, 7) is 0.204. The second kappa shape index (κ2) is 6.32. The summed E-state index contributed by atoms with van der Waals surface area (Å²) in [6, 6.07) is 7.36.